The molecule has 19 heavy (non-hydrogen) atoms. The predicted octanol–water partition coefficient (Wildman–Crippen LogP) is 2.30. The number of benzene rings is 1. The van der Waals surface area contributed by atoms with Gasteiger partial charge in [-0.05, 0) is 24.6 Å². The molecule has 1 aromatic carbocycles. The molecule has 1 heterocycles. The maximum absolute atomic E-state index is 5.78. The van der Waals surface area contributed by atoms with Crippen molar-refractivity contribution in [2.75, 3.05) is 24.8 Å². The van der Waals surface area contributed by atoms with Crippen molar-refractivity contribution in [1.29, 1.82) is 0 Å². The van der Waals surface area contributed by atoms with E-state index in [9.17, 15) is 0 Å². The second-order valence-corrected chi connectivity index (χ2v) is 4.33. The van der Waals surface area contributed by atoms with Gasteiger partial charge in [0.05, 0.1) is 6.61 Å². The highest BCUT2D eigenvalue weighted by Crippen LogP contribution is 2.17. The summed E-state index contributed by atoms with van der Waals surface area (Å²) in [5, 5.41) is 3.23. The fraction of sp³-hybridized carbons (Fsp3) is 0.286. The zero-order valence-corrected chi connectivity index (χ0v) is 11.2. The summed E-state index contributed by atoms with van der Waals surface area (Å²) in [5.41, 5.74) is 7.95. The average Bonchev–Trinajstić information content (AvgIpc) is 2.35. The first-order valence-electron chi connectivity index (χ1n) is 6.13. The first-order chi connectivity index (χ1) is 9.17. The molecule has 0 unspecified atom stereocenters. The molecule has 0 amide bonds. The van der Waals surface area contributed by atoms with Gasteiger partial charge in [-0.1, -0.05) is 12.1 Å². The Morgan fingerprint density at radius 3 is 2.84 bits per heavy atom. The molecule has 2 rings (SSSR count). The van der Waals surface area contributed by atoms with E-state index in [1.165, 1.54) is 5.56 Å². The topological polar surface area (TPSA) is 73.1 Å². The third-order valence-corrected chi connectivity index (χ3v) is 2.61. The van der Waals surface area contributed by atoms with Gasteiger partial charge < -0.3 is 15.8 Å². The van der Waals surface area contributed by atoms with Gasteiger partial charge in [0.2, 0.25) is 0 Å². The van der Waals surface area contributed by atoms with Crippen molar-refractivity contribution in [3.63, 3.8) is 0 Å². The molecule has 0 aliphatic heterocycles. The molecule has 0 saturated heterocycles. The Balaban J connectivity index is 2.17. The number of ether oxygens (including phenoxy) is 1. The van der Waals surface area contributed by atoms with E-state index in [1.54, 1.807) is 13.2 Å². The quantitative estimate of drug-likeness (QED) is 0.861. The monoisotopic (exact) mass is 258 g/mol. The molecule has 1 aromatic heterocycles. The minimum absolute atomic E-state index is 0.455. The van der Waals surface area contributed by atoms with Gasteiger partial charge in [-0.3, -0.25) is 0 Å². The van der Waals surface area contributed by atoms with E-state index in [0.717, 1.165) is 5.69 Å². The fourth-order valence-electron chi connectivity index (χ4n) is 1.76. The van der Waals surface area contributed by atoms with Crippen LogP contribution in [0, 0.1) is 6.92 Å². The summed E-state index contributed by atoms with van der Waals surface area (Å²) in [6, 6.07) is 9.80. The van der Waals surface area contributed by atoms with Crippen LogP contribution in [0.3, 0.4) is 0 Å². The van der Waals surface area contributed by atoms with Crippen LogP contribution in [-0.2, 0) is 11.2 Å². The Bertz CT molecular complexity index is 557. The maximum Gasteiger partial charge on any atom is 0.136 e. The van der Waals surface area contributed by atoms with E-state index in [4.69, 9.17) is 10.5 Å². The number of anilines is 3. The molecule has 0 bridgehead atoms. The largest absolute Gasteiger partial charge is 0.384 e. The summed E-state index contributed by atoms with van der Waals surface area (Å²) in [6.45, 7) is 2.62. The first kappa shape index (κ1) is 13.3. The highest BCUT2D eigenvalue weighted by atomic mass is 16.5. The number of nitrogens with one attached hydrogen (secondary N) is 1. The molecular weight excluding hydrogens is 240 g/mol. The average molecular weight is 258 g/mol. The second kappa shape index (κ2) is 6.15. The van der Waals surface area contributed by atoms with Gasteiger partial charge in [-0.2, -0.15) is 0 Å². The van der Waals surface area contributed by atoms with Crippen molar-refractivity contribution in [3.05, 3.63) is 41.7 Å². The summed E-state index contributed by atoms with van der Waals surface area (Å²) >= 11 is 0. The summed E-state index contributed by atoms with van der Waals surface area (Å²) in [7, 11) is 1.65. The molecule has 0 aliphatic rings. The van der Waals surface area contributed by atoms with Crippen LogP contribution in [-0.4, -0.2) is 23.7 Å². The molecule has 0 fully saturated rings. The summed E-state index contributed by atoms with van der Waals surface area (Å²) in [4.78, 5) is 8.59. The molecule has 5 nitrogen and oxygen atoms in total. The number of nitrogens with two attached hydrogens (primary N) is 1. The number of aromatic nitrogens is 2. The van der Waals surface area contributed by atoms with Crippen LogP contribution < -0.4 is 11.1 Å². The Morgan fingerprint density at radius 1 is 1.26 bits per heavy atom. The SMILES string of the molecule is COCCc1nc(N)cc(Nc2cccc(C)c2)n1. The number of nitrogen functional groups attached to an aromatic ring is 1. The highest BCUT2D eigenvalue weighted by Gasteiger charge is 2.03. The minimum atomic E-state index is 0.455. The van der Waals surface area contributed by atoms with Crippen molar-refractivity contribution in [2.45, 2.75) is 13.3 Å². The molecule has 5 heteroatoms. The van der Waals surface area contributed by atoms with Crippen LogP contribution in [0.4, 0.5) is 17.3 Å². The molecule has 2 aromatic rings. The van der Waals surface area contributed by atoms with Gasteiger partial charge >= 0.3 is 0 Å². The van der Waals surface area contributed by atoms with Gasteiger partial charge in [0.1, 0.15) is 17.5 Å². The van der Waals surface area contributed by atoms with Gasteiger partial charge in [-0.15, -0.1) is 0 Å². The minimum Gasteiger partial charge on any atom is -0.384 e. The van der Waals surface area contributed by atoms with Gasteiger partial charge in [0, 0.05) is 25.3 Å². The molecule has 0 atom stereocenters. The Morgan fingerprint density at radius 2 is 2.11 bits per heavy atom. The standard InChI is InChI=1S/C14H18N4O/c1-10-4-3-5-11(8-10)16-14-9-12(15)17-13(18-14)6-7-19-2/h3-5,8-9H,6-7H2,1-2H3,(H3,15,16,17,18). The number of nitrogens with zero attached hydrogens (tertiary/aromatic N) is 2. The van der Waals surface area contributed by atoms with Crippen LogP contribution in [0.2, 0.25) is 0 Å². The molecule has 0 spiro atoms. The third kappa shape index (κ3) is 3.93. The van der Waals surface area contributed by atoms with Crippen molar-refractivity contribution in [3.8, 4) is 0 Å². The van der Waals surface area contributed by atoms with E-state index in [0.29, 0.717) is 30.5 Å². The lowest BCUT2D eigenvalue weighted by atomic mass is 10.2. The van der Waals surface area contributed by atoms with Crippen molar-refractivity contribution < 1.29 is 4.74 Å². The molecule has 3 N–H and O–H groups in total. The van der Waals surface area contributed by atoms with Gasteiger partial charge in [0.15, 0.2) is 0 Å². The number of rotatable bonds is 5. The van der Waals surface area contributed by atoms with E-state index in [-0.39, 0.29) is 0 Å². The molecule has 0 radical (unpaired) electrons. The third-order valence-electron chi connectivity index (χ3n) is 2.61. The number of hydrogen-bond acceptors (Lipinski definition) is 5. The molecular formula is C14H18N4O. The lowest BCUT2D eigenvalue weighted by Gasteiger charge is -2.09. The van der Waals surface area contributed by atoms with E-state index in [1.807, 2.05) is 31.2 Å². The second-order valence-electron chi connectivity index (χ2n) is 4.33. The predicted molar refractivity (Wildman–Crippen MR) is 76.5 cm³/mol. The van der Waals surface area contributed by atoms with Crippen LogP contribution in [0.25, 0.3) is 0 Å². The van der Waals surface area contributed by atoms with E-state index >= 15 is 0 Å². The lowest BCUT2D eigenvalue weighted by Crippen LogP contribution is -2.06. The number of methoxy groups -OCH3 is 1. The molecule has 100 valence electrons. The van der Waals surface area contributed by atoms with Crippen LogP contribution >= 0.6 is 0 Å². The first-order valence-corrected chi connectivity index (χ1v) is 6.13. The zero-order valence-electron chi connectivity index (χ0n) is 11.2. The smallest absolute Gasteiger partial charge is 0.136 e. The van der Waals surface area contributed by atoms with Crippen molar-refractivity contribution in [1.82, 2.24) is 9.97 Å². The normalized spacial score (nSPS) is 10.4. The lowest BCUT2D eigenvalue weighted by molar-refractivity contribution is 0.200. The zero-order chi connectivity index (χ0) is 13.7. The van der Waals surface area contributed by atoms with Crippen molar-refractivity contribution in [2.24, 2.45) is 0 Å². The van der Waals surface area contributed by atoms with Gasteiger partial charge in [0.25, 0.3) is 0 Å². The fourth-order valence-corrected chi connectivity index (χ4v) is 1.76. The number of hydrogen-bond donors (Lipinski definition) is 2. The Kier molecular flexibility index (Phi) is 4.30. The Hall–Kier alpha value is -2.14. The van der Waals surface area contributed by atoms with Gasteiger partial charge in [-0.25, -0.2) is 9.97 Å². The summed E-state index contributed by atoms with van der Waals surface area (Å²) in [5.74, 6) is 1.83. The van der Waals surface area contributed by atoms with Crippen LogP contribution in [0.15, 0.2) is 30.3 Å². The summed E-state index contributed by atoms with van der Waals surface area (Å²) in [6.07, 6.45) is 0.643. The Labute approximate surface area is 112 Å². The summed E-state index contributed by atoms with van der Waals surface area (Å²) < 4.78 is 5.02. The van der Waals surface area contributed by atoms with Crippen molar-refractivity contribution >= 4 is 17.3 Å². The highest BCUT2D eigenvalue weighted by molar-refractivity contribution is 5.59. The molecule has 0 saturated carbocycles. The maximum atomic E-state index is 5.78. The van der Waals surface area contributed by atoms with E-state index < -0.39 is 0 Å². The number of aryl methyl sites for hydroxylation is 1. The van der Waals surface area contributed by atoms with E-state index in [2.05, 4.69) is 15.3 Å². The van der Waals surface area contributed by atoms with Crippen LogP contribution in [0.1, 0.15) is 11.4 Å². The van der Waals surface area contributed by atoms with Crippen LogP contribution in [0.5, 0.6) is 0 Å². The molecule has 0 aliphatic carbocycles.